The molecular weight excluding hydrogens is 428 g/mol. The number of rotatable bonds is 7. The number of ether oxygens (including phenoxy) is 1. The topological polar surface area (TPSA) is 92.8 Å². The van der Waals surface area contributed by atoms with Gasteiger partial charge in [0.2, 0.25) is 15.9 Å². The molecule has 1 amide bonds. The van der Waals surface area contributed by atoms with E-state index in [-0.39, 0.29) is 6.61 Å². The Morgan fingerprint density at radius 3 is 2.37 bits per heavy atom. The molecule has 0 fully saturated rings. The molecule has 30 heavy (non-hydrogen) atoms. The standard InChI is InChI=1S/C21H25ClN2O5S/c1-6-29-21(26)16-8-10-18(14(3)11-16)23-20(25)15(4)24(30(5,27)28)19-12-17(22)9-7-13(19)2/h7-12,15H,6H2,1-5H3,(H,23,25)/t15-/m0/s1. The number of carbonyl (C=O) groups excluding carboxylic acids is 2. The van der Waals surface area contributed by atoms with Crippen molar-refractivity contribution in [1.29, 1.82) is 0 Å². The van der Waals surface area contributed by atoms with Gasteiger partial charge in [0.25, 0.3) is 0 Å². The van der Waals surface area contributed by atoms with Gasteiger partial charge in [-0.1, -0.05) is 17.7 Å². The Morgan fingerprint density at radius 1 is 1.13 bits per heavy atom. The molecule has 0 unspecified atom stereocenters. The van der Waals surface area contributed by atoms with Crippen molar-refractivity contribution in [3.63, 3.8) is 0 Å². The molecule has 0 aliphatic carbocycles. The van der Waals surface area contributed by atoms with Crippen LogP contribution in [0.15, 0.2) is 36.4 Å². The Bertz CT molecular complexity index is 1070. The number of nitrogens with zero attached hydrogens (tertiary/aromatic N) is 1. The molecule has 0 aliphatic heterocycles. The van der Waals surface area contributed by atoms with Gasteiger partial charge in [-0.25, -0.2) is 13.2 Å². The van der Waals surface area contributed by atoms with Crippen LogP contribution in [0, 0.1) is 13.8 Å². The number of hydrogen-bond donors (Lipinski definition) is 1. The molecule has 9 heteroatoms. The first-order chi connectivity index (χ1) is 14.0. The maximum atomic E-state index is 12.9. The lowest BCUT2D eigenvalue weighted by molar-refractivity contribution is -0.116. The summed E-state index contributed by atoms with van der Waals surface area (Å²) in [5, 5.41) is 3.10. The molecule has 0 aromatic heterocycles. The van der Waals surface area contributed by atoms with Crippen LogP contribution in [0.25, 0.3) is 0 Å². The third-order valence-corrected chi connectivity index (χ3v) is 5.96. The fourth-order valence-corrected chi connectivity index (χ4v) is 4.37. The SMILES string of the molecule is CCOC(=O)c1ccc(NC(=O)[C@H](C)N(c2cc(Cl)ccc2C)S(C)(=O)=O)c(C)c1. The quantitative estimate of drug-likeness (QED) is 0.642. The highest BCUT2D eigenvalue weighted by molar-refractivity contribution is 7.92. The van der Waals surface area contributed by atoms with Crippen LogP contribution in [0.1, 0.15) is 35.3 Å². The number of carbonyl (C=O) groups is 2. The van der Waals surface area contributed by atoms with Gasteiger partial charge in [-0.3, -0.25) is 9.10 Å². The Morgan fingerprint density at radius 2 is 1.80 bits per heavy atom. The number of amides is 1. The van der Waals surface area contributed by atoms with E-state index in [1.807, 2.05) is 0 Å². The Balaban J connectivity index is 2.32. The molecule has 1 N–H and O–H groups in total. The fraction of sp³-hybridized carbons (Fsp3) is 0.333. The van der Waals surface area contributed by atoms with Crippen molar-refractivity contribution in [3.05, 3.63) is 58.1 Å². The fourth-order valence-electron chi connectivity index (χ4n) is 2.98. The number of benzene rings is 2. The zero-order valence-electron chi connectivity index (χ0n) is 17.5. The van der Waals surface area contributed by atoms with Crippen molar-refractivity contribution >= 4 is 44.9 Å². The summed E-state index contributed by atoms with van der Waals surface area (Å²) < 4.78 is 31.0. The molecule has 0 heterocycles. The van der Waals surface area contributed by atoms with E-state index in [4.69, 9.17) is 16.3 Å². The molecule has 2 aromatic carbocycles. The highest BCUT2D eigenvalue weighted by Crippen LogP contribution is 2.29. The number of anilines is 2. The molecule has 0 bridgehead atoms. The summed E-state index contributed by atoms with van der Waals surface area (Å²) in [6.45, 7) is 6.96. The van der Waals surface area contributed by atoms with E-state index >= 15 is 0 Å². The summed E-state index contributed by atoms with van der Waals surface area (Å²) in [5.41, 5.74) is 2.48. The minimum Gasteiger partial charge on any atom is -0.462 e. The van der Waals surface area contributed by atoms with Crippen molar-refractivity contribution in [2.24, 2.45) is 0 Å². The maximum Gasteiger partial charge on any atom is 0.338 e. The van der Waals surface area contributed by atoms with Crippen LogP contribution in [0.4, 0.5) is 11.4 Å². The smallest absolute Gasteiger partial charge is 0.338 e. The monoisotopic (exact) mass is 452 g/mol. The van der Waals surface area contributed by atoms with Crippen LogP contribution in [-0.4, -0.2) is 39.2 Å². The number of halogens is 1. The lowest BCUT2D eigenvalue weighted by Gasteiger charge is -2.29. The van der Waals surface area contributed by atoms with E-state index in [9.17, 15) is 18.0 Å². The first kappa shape index (κ1) is 23.7. The van der Waals surface area contributed by atoms with E-state index in [2.05, 4.69) is 5.32 Å². The van der Waals surface area contributed by atoms with Gasteiger partial charge >= 0.3 is 5.97 Å². The molecule has 0 radical (unpaired) electrons. The van der Waals surface area contributed by atoms with Crippen molar-refractivity contribution in [1.82, 2.24) is 0 Å². The van der Waals surface area contributed by atoms with Gasteiger partial charge < -0.3 is 10.1 Å². The number of aryl methyl sites for hydroxylation is 2. The zero-order valence-corrected chi connectivity index (χ0v) is 19.1. The third kappa shape index (κ3) is 5.52. The van der Waals surface area contributed by atoms with E-state index < -0.39 is 27.9 Å². The Kier molecular flexibility index (Phi) is 7.49. The van der Waals surface area contributed by atoms with E-state index in [1.54, 1.807) is 51.1 Å². The molecule has 0 saturated carbocycles. The highest BCUT2D eigenvalue weighted by Gasteiger charge is 2.30. The molecule has 0 spiro atoms. The van der Waals surface area contributed by atoms with Gasteiger partial charge in [-0.05, 0) is 69.2 Å². The zero-order chi connectivity index (χ0) is 22.6. The largest absolute Gasteiger partial charge is 0.462 e. The highest BCUT2D eigenvalue weighted by atomic mass is 35.5. The molecule has 162 valence electrons. The summed E-state index contributed by atoms with van der Waals surface area (Å²) in [4.78, 5) is 24.8. The predicted molar refractivity (Wildman–Crippen MR) is 119 cm³/mol. The molecule has 0 aliphatic rings. The maximum absolute atomic E-state index is 12.9. The molecule has 7 nitrogen and oxygen atoms in total. The number of sulfonamides is 1. The second-order valence-electron chi connectivity index (χ2n) is 6.91. The number of nitrogens with one attached hydrogen (secondary N) is 1. The molecule has 0 saturated heterocycles. The average Bonchev–Trinajstić information content (AvgIpc) is 2.65. The van der Waals surface area contributed by atoms with Crippen LogP contribution in [-0.2, 0) is 19.6 Å². The van der Waals surface area contributed by atoms with Crippen LogP contribution >= 0.6 is 11.6 Å². The van der Waals surface area contributed by atoms with Crippen LogP contribution in [0.2, 0.25) is 5.02 Å². The van der Waals surface area contributed by atoms with Gasteiger partial charge in [0.15, 0.2) is 0 Å². The summed E-state index contributed by atoms with van der Waals surface area (Å²) in [5.74, 6) is -0.974. The summed E-state index contributed by atoms with van der Waals surface area (Å²) >= 11 is 6.05. The van der Waals surface area contributed by atoms with Crippen molar-refractivity contribution in [3.8, 4) is 0 Å². The van der Waals surface area contributed by atoms with Gasteiger partial charge in [0.05, 0.1) is 24.1 Å². The Hall–Kier alpha value is -2.58. The summed E-state index contributed by atoms with van der Waals surface area (Å²) in [7, 11) is -3.78. The predicted octanol–water partition coefficient (Wildman–Crippen LogP) is 3.93. The molecular formula is C21H25ClN2O5S. The van der Waals surface area contributed by atoms with Crippen molar-refractivity contribution < 1.29 is 22.7 Å². The van der Waals surface area contributed by atoms with E-state index in [1.165, 1.54) is 13.0 Å². The molecule has 2 aromatic rings. The summed E-state index contributed by atoms with van der Waals surface area (Å²) in [6.07, 6.45) is 1.04. The Labute approximate surface area is 182 Å². The minimum atomic E-state index is -3.78. The first-order valence-corrected chi connectivity index (χ1v) is 11.5. The summed E-state index contributed by atoms with van der Waals surface area (Å²) in [6, 6.07) is 8.55. The van der Waals surface area contributed by atoms with Gasteiger partial charge in [0.1, 0.15) is 6.04 Å². The molecule has 1 atom stereocenters. The molecule has 2 rings (SSSR count). The van der Waals surface area contributed by atoms with Gasteiger partial charge in [0, 0.05) is 10.7 Å². The van der Waals surface area contributed by atoms with Crippen LogP contribution in [0.3, 0.4) is 0 Å². The van der Waals surface area contributed by atoms with Crippen LogP contribution in [0.5, 0.6) is 0 Å². The second kappa shape index (κ2) is 9.49. The van der Waals surface area contributed by atoms with Crippen molar-refractivity contribution in [2.45, 2.75) is 33.7 Å². The normalized spacial score (nSPS) is 12.2. The van der Waals surface area contributed by atoms with Crippen molar-refractivity contribution in [2.75, 3.05) is 22.5 Å². The first-order valence-electron chi connectivity index (χ1n) is 9.30. The van der Waals surface area contributed by atoms with Crippen LogP contribution < -0.4 is 9.62 Å². The lowest BCUT2D eigenvalue weighted by atomic mass is 10.1. The number of hydrogen-bond acceptors (Lipinski definition) is 5. The lowest BCUT2D eigenvalue weighted by Crippen LogP contribution is -2.45. The van der Waals surface area contributed by atoms with E-state index in [0.717, 1.165) is 10.6 Å². The second-order valence-corrected chi connectivity index (χ2v) is 9.20. The van der Waals surface area contributed by atoms with E-state index in [0.29, 0.717) is 33.1 Å². The van der Waals surface area contributed by atoms with Gasteiger partial charge in [-0.15, -0.1) is 0 Å². The number of esters is 1. The third-order valence-electron chi connectivity index (χ3n) is 4.49. The average molecular weight is 453 g/mol. The minimum absolute atomic E-state index is 0.262. The van der Waals surface area contributed by atoms with Gasteiger partial charge in [-0.2, -0.15) is 0 Å².